The average molecular weight is 393 g/mol. The largest absolute Gasteiger partial charge is 0.356 e. The molecule has 1 fully saturated rings. The lowest BCUT2D eigenvalue weighted by molar-refractivity contribution is -0.197. The lowest BCUT2D eigenvalue weighted by Gasteiger charge is -2.21. The van der Waals surface area contributed by atoms with Crippen LogP contribution in [-0.4, -0.2) is 58.6 Å². The molecule has 2 heterocycles. The molecule has 0 saturated carbocycles. The van der Waals surface area contributed by atoms with Gasteiger partial charge in [0.1, 0.15) is 0 Å². The van der Waals surface area contributed by atoms with E-state index >= 15 is 0 Å². The first-order valence-electron chi connectivity index (χ1n) is 9.22. The molecule has 10 heteroatoms. The fourth-order valence-electron chi connectivity index (χ4n) is 2.72. The van der Waals surface area contributed by atoms with Crippen LogP contribution < -0.4 is 5.32 Å². The number of nitrogens with one attached hydrogen (secondary N) is 1. The van der Waals surface area contributed by atoms with Crippen LogP contribution >= 0.6 is 0 Å². The first-order chi connectivity index (χ1) is 13.4. The number of rotatable bonds is 10. The molecule has 0 spiro atoms. The monoisotopic (exact) mass is 393 g/mol. The van der Waals surface area contributed by atoms with Gasteiger partial charge in [-0.25, -0.2) is 4.79 Å². The molecule has 1 saturated heterocycles. The van der Waals surface area contributed by atoms with Crippen LogP contribution in [0.4, 0.5) is 0 Å². The first-order valence-corrected chi connectivity index (χ1v) is 9.22. The number of amides is 5. The van der Waals surface area contributed by atoms with Crippen molar-refractivity contribution in [3.05, 3.63) is 12.2 Å². The zero-order valence-corrected chi connectivity index (χ0v) is 15.5. The Bertz CT molecular complexity index is 685. The van der Waals surface area contributed by atoms with Crippen molar-refractivity contribution in [2.75, 3.05) is 13.1 Å². The molecule has 5 amide bonds. The van der Waals surface area contributed by atoms with Crippen molar-refractivity contribution in [2.24, 2.45) is 0 Å². The van der Waals surface area contributed by atoms with Gasteiger partial charge >= 0.3 is 5.97 Å². The van der Waals surface area contributed by atoms with E-state index in [1.54, 1.807) is 0 Å². The number of nitrogens with zero attached hydrogens (tertiary/aromatic N) is 2. The highest BCUT2D eigenvalue weighted by Crippen LogP contribution is 2.13. The lowest BCUT2D eigenvalue weighted by atomic mass is 10.2. The summed E-state index contributed by atoms with van der Waals surface area (Å²) in [5.41, 5.74) is 0. The SMILES string of the molecule is O=C(CCN1C(=O)C=CCC1=O)NCCCCCC(=O)ON1C(=O)CCC1=O. The molecule has 0 aliphatic carbocycles. The molecule has 0 bridgehead atoms. The van der Waals surface area contributed by atoms with Crippen LogP contribution in [0.25, 0.3) is 0 Å². The maximum Gasteiger partial charge on any atom is 0.333 e. The fourth-order valence-corrected chi connectivity index (χ4v) is 2.72. The molecule has 1 N–H and O–H groups in total. The minimum absolute atomic E-state index is 0.0372. The van der Waals surface area contributed by atoms with E-state index in [0.717, 1.165) is 4.90 Å². The quantitative estimate of drug-likeness (QED) is 0.407. The highest BCUT2D eigenvalue weighted by molar-refractivity contribution is 6.04. The van der Waals surface area contributed by atoms with Gasteiger partial charge in [-0.1, -0.05) is 12.5 Å². The van der Waals surface area contributed by atoms with Gasteiger partial charge in [-0.3, -0.25) is 28.9 Å². The van der Waals surface area contributed by atoms with E-state index in [1.807, 2.05) is 0 Å². The summed E-state index contributed by atoms with van der Waals surface area (Å²) in [5, 5.41) is 3.21. The zero-order chi connectivity index (χ0) is 20.5. The Balaban J connectivity index is 1.51. The first kappa shape index (κ1) is 21.3. The summed E-state index contributed by atoms with van der Waals surface area (Å²) in [6.07, 6.45) is 4.97. The summed E-state index contributed by atoms with van der Waals surface area (Å²) in [5.74, 6) is -2.65. The van der Waals surface area contributed by atoms with E-state index in [-0.39, 0.29) is 50.5 Å². The van der Waals surface area contributed by atoms with Crippen LogP contribution in [0.3, 0.4) is 0 Å². The Morgan fingerprint density at radius 3 is 2.36 bits per heavy atom. The van der Waals surface area contributed by atoms with Crippen LogP contribution in [0, 0.1) is 0 Å². The van der Waals surface area contributed by atoms with Crippen molar-refractivity contribution in [1.29, 1.82) is 0 Å². The predicted molar refractivity (Wildman–Crippen MR) is 93.8 cm³/mol. The van der Waals surface area contributed by atoms with Crippen LogP contribution in [0.2, 0.25) is 0 Å². The third-order valence-corrected chi connectivity index (χ3v) is 4.26. The molecule has 28 heavy (non-hydrogen) atoms. The molecular weight excluding hydrogens is 370 g/mol. The molecule has 0 aromatic carbocycles. The van der Waals surface area contributed by atoms with Crippen molar-refractivity contribution in [2.45, 2.75) is 51.4 Å². The van der Waals surface area contributed by atoms with Gasteiger partial charge in [-0.2, -0.15) is 0 Å². The number of hydroxylamine groups is 2. The second-order valence-corrected chi connectivity index (χ2v) is 6.45. The fraction of sp³-hybridized carbons (Fsp3) is 0.556. The van der Waals surface area contributed by atoms with Crippen molar-refractivity contribution in [3.8, 4) is 0 Å². The number of carbonyl (C=O) groups is 6. The molecular formula is C18H23N3O7. The Hall–Kier alpha value is -3.04. The summed E-state index contributed by atoms with van der Waals surface area (Å²) in [4.78, 5) is 75.0. The molecule has 0 aromatic rings. The van der Waals surface area contributed by atoms with Gasteiger partial charge in [0, 0.05) is 51.3 Å². The summed E-state index contributed by atoms with van der Waals surface area (Å²) in [6.45, 7) is 0.451. The maximum absolute atomic E-state index is 11.8. The van der Waals surface area contributed by atoms with Gasteiger partial charge in [-0.15, -0.1) is 5.06 Å². The highest BCUT2D eigenvalue weighted by Gasteiger charge is 2.32. The number of hydrogen-bond donors (Lipinski definition) is 1. The van der Waals surface area contributed by atoms with Gasteiger partial charge in [-0.05, 0) is 12.8 Å². The molecule has 0 radical (unpaired) electrons. The summed E-state index contributed by atoms with van der Waals surface area (Å²) in [6, 6.07) is 0. The van der Waals surface area contributed by atoms with Crippen molar-refractivity contribution in [3.63, 3.8) is 0 Å². The average Bonchev–Trinajstić information content (AvgIpc) is 2.96. The molecule has 2 aliphatic rings. The lowest BCUT2D eigenvalue weighted by Crippen LogP contribution is -2.40. The van der Waals surface area contributed by atoms with Crippen molar-refractivity contribution in [1.82, 2.24) is 15.3 Å². The third kappa shape index (κ3) is 6.29. The Morgan fingerprint density at radius 2 is 1.68 bits per heavy atom. The van der Waals surface area contributed by atoms with Gasteiger partial charge in [0.25, 0.3) is 17.7 Å². The third-order valence-electron chi connectivity index (χ3n) is 4.26. The van der Waals surface area contributed by atoms with E-state index in [0.29, 0.717) is 30.9 Å². The molecule has 10 nitrogen and oxygen atoms in total. The number of unbranched alkanes of at least 4 members (excludes halogenated alkanes) is 2. The minimum atomic E-state index is -0.641. The van der Waals surface area contributed by atoms with Crippen LogP contribution in [0.1, 0.15) is 51.4 Å². The van der Waals surface area contributed by atoms with Gasteiger partial charge in [0.2, 0.25) is 11.8 Å². The second kappa shape index (κ2) is 10.3. The Kier molecular flexibility index (Phi) is 7.85. The normalized spacial score (nSPS) is 16.7. The van der Waals surface area contributed by atoms with E-state index < -0.39 is 23.7 Å². The Morgan fingerprint density at radius 1 is 0.964 bits per heavy atom. The van der Waals surface area contributed by atoms with Crippen molar-refractivity contribution >= 4 is 35.5 Å². The van der Waals surface area contributed by atoms with Crippen molar-refractivity contribution < 1.29 is 33.6 Å². The molecule has 152 valence electrons. The number of carbonyl (C=O) groups excluding carboxylic acids is 6. The van der Waals surface area contributed by atoms with Crippen LogP contribution in [0.5, 0.6) is 0 Å². The van der Waals surface area contributed by atoms with Crippen LogP contribution in [-0.2, 0) is 33.6 Å². The zero-order valence-electron chi connectivity index (χ0n) is 15.5. The minimum Gasteiger partial charge on any atom is -0.356 e. The molecule has 0 atom stereocenters. The number of hydrogen-bond acceptors (Lipinski definition) is 7. The maximum atomic E-state index is 11.8. The Labute approximate surface area is 161 Å². The second-order valence-electron chi connectivity index (χ2n) is 6.45. The van der Waals surface area contributed by atoms with E-state index in [4.69, 9.17) is 4.84 Å². The van der Waals surface area contributed by atoms with E-state index in [9.17, 15) is 28.8 Å². The highest BCUT2D eigenvalue weighted by atomic mass is 16.7. The summed E-state index contributed by atoms with van der Waals surface area (Å²) < 4.78 is 0. The smallest absolute Gasteiger partial charge is 0.333 e. The van der Waals surface area contributed by atoms with E-state index in [1.165, 1.54) is 12.2 Å². The molecule has 2 aliphatic heterocycles. The topological polar surface area (TPSA) is 130 Å². The van der Waals surface area contributed by atoms with Crippen LogP contribution in [0.15, 0.2) is 12.2 Å². The summed E-state index contributed by atoms with van der Waals surface area (Å²) in [7, 11) is 0. The molecule has 2 rings (SSSR count). The van der Waals surface area contributed by atoms with Gasteiger partial charge < -0.3 is 10.2 Å². The van der Waals surface area contributed by atoms with Gasteiger partial charge in [0.05, 0.1) is 0 Å². The summed E-state index contributed by atoms with van der Waals surface area (Å²) >= 11 is 0. The predicted octanol–water partition coefficient (Wildman–Crippen LogP) is -0.0246. The van der Waals surface area contributed by atoms with E-state index in [2.05, 4.69) is 5.32 Å². The molecule has 0 aromatic heterocycles. The number of imide groups is 2. The van der Waals surface area contributed by atoms with Gasteiger partial charge in [0.15, 0.2) is 0 Å². The molecule has 0 unspecified atom stereocenters. The standard InChI is InChI=1S/C18H23N3O7/c22-13(10-12-20-14(23)5-4-6-15(20)24)19-11-3-1-2-7-18(27)28-21-16(25)8-9-17(21)26/h4-5H,1-3,6-12H2,(H,19,22).